The quantitative estimate of drug-likeness (QED) is 0.658. The topological polar surface area (TPSA) is 18.5 Å². The van der Waals surface area contributed by atoms with Gasteiger partial charge in [0.25, 0.3) is 0 Å². The Morgan fingerprint density at radius 1 is 0.800 bits per heavy atom. The first-order valence-electron chi connectivity index (χ1n) is 8.35. The molecule has 0 radical (unpaired) electrons. The Labute approximate surface area is 126 Å². The van der Waals surface area contributed by atoms with E-state index in [4.69, 9.17) is 8.85 Å². The third-order valence-corrected chi connectivity index (χ3v) is 10.5. The molecular formula is C17H34O2Si. The molecule has 2 unspecified atom stereocenters. The molecule has 118 valence electrons. The van der Waals surface area contributed by atoms with Crippen LogP contribution in [-0.2, 0) is 8.85 Å². The second kappa shape index (κ2) is 5.73. The number of hydrogen-bond donors (Lipinski definition) is 0. The van der Waals surface area contributed by atoms with Crippen molar-refractivity contribution in [3.63, 3.8) is 0 Å². The Kier molecular flexibility index (Phi) is 4.73. The van der Waals surface area contributed by atoms with E-state index in [0.29, 0.717) is 21.9 Å². The summed E-state index contributed by atoms with van der Waals surface area (Å²) in [7, 11) is 1.75. The lowest BCUT2D eigenvalue weighted by atomic mass is 9.77. The molecule has 0 aromatic heterocycles. The van der Waals surface area contributed by atoms with Gasteiger partial charge in [-0.3, -0.25) is 0 Å². The second-order valence-corrected chi connectivity index (χ2v) is 12.6. The van der Waals surface area contributed by atoms with Crippen molar-refractivity contribution in [2.24, 2.45) is 10.8 Å². The largest absolute Gasteiger partial charge is 0.397 e. The Balaban J connectivity index is 2.21. The molecule has 0 aromatic carbocycles. The lowest BCUT2D eigenvalue weighted by Crippen LogP contribution is -2.51. The lowest BCUT2D eigenvalue weighted by Gasteiger charge is -2.45. The van der Waals surface area contributed by atoms with Crippen molar-refractivity contribution in [1.29, 1.82) is 0 Å². The average Bonchev–Trinajstić information content (AvgIpc) is 2.71. The van der Waals surface area contributed by atoms with Crippen molar-refractivity contribution in [3.05, 3.63) is 0 Å². The molecule has 0 aromatic rings. The van der Waals surface area contributed by atoms with E-state index >= 15 is 0 Å². The maximum atomic E-state index is 6.21. The van der Waals surface area contributed by atoms with Crippen molar-refractivity contribution in [2.45, 2.75) is 83.7 Å². The predicted molar refractivity (Wildman–Crippen MR) is 87.2 cm³/mol. The molecule has 2 saturated carbocycles. The molecular weight excluding hydrogens is 264 g/mol. The van der Waals surface area contributed by atoms with E-state index in [1.807, 2.05) is 14.2 Å². The van der Waals surface area contributed by atoms with Crippen molar-refractivity contribution in [3.8, 4) is 0 Å². The van der Waals surface area contributed by atoms with Crippen LogP contribution >= 0.6 is 0 Å². The summed E-state index contributed by atoms with van der Waals surface area (Å²) in [6.07, 6.45) is 9.23. The average molecular weight is 299 g/mol. The molecule has 0 amide bonds. The van der Waals surface area contributed by atoms with Gasteiger partial charge in [-0.25, -0.2) is 0 Å². The van der Waals surface area contributed by atoms with Crippen molar-refractivity contribution < 1.29 is 8.85 Å². The molecule has 0 bridgehead atoms. The second-order valence-electron chi connectivity index (χ2n) is 8.69. The summed E-state index contributed by atoms with van der Waals surface area (Å²) in [5.41, 5.74) is 2.31. The van der Waals surface area contributed by atoms with Gasteiger partial charge >= 0.3 is 8.56 Å². The molecule has 20 heavy (non-hydrogen) atoms. The molecule has 2 aliphatic carbocycles. The summed E-state index contributed by atoms with van der Waals surface area (Å²) in [5.74, 6) is 0. The van der Waals surface area contributed by atoms with E-state index in [1.165, 1.54) is 44.9 Å². The highest BCUT2D eigenvalue weighted by molar-refractivity contribution is 6.70. The van der Waals surface area contributed by atoms with E-state index in [0.717, 1.165) is 0 Å². The zero-order valence-electron chi connectivity index (χ0n) is 14.4. The monoisotopic (exact) mass is 298 g/mol. The SMILES string of the molecule is CO[Si](OC)(C1CCCC(C)(C)C1)C1CCC(C)(C)C1. The van der Waals surface area contributed by atoms with Crippen LogP contribution < -0.4 is 0 Å². The van der Waals surface area contributed by atoms with Gasteiger partial charge < -0.3 is 8.85 Å². The molecule has 2 nitrogen and oxygen atoms in total. The fraction of sp³-hybridized carbons (Fsp3) is 1.00. The summed E-state index contributed by atoms with van der Waals surface area (Å²) >= 11 is 0. The van der Waals surface area contributed by atoms with Crippen molar-refractivity contribution in [2.75, 3.05) is 14.2 Å². The first-order chi connectivity index (χ1) is 9.25. The van der Waals surface area contributed by atoms with Crippen LogP contribution in [-0.4, -0.2) is 22.8 Å². The minimum Gasteiger partial charge on any atom is -0.397 e. The summed E-state index contributed by atoms with van der Waals surface area (Å²) in [5, 5.41) is 0. The minimum atomic E-state index is -2.09. The van der Waals surface area contributed by atoms with Gasteiger partial charge in [-0.05, 0) is 49.4 Å². The molecule has 2 rings (SSSR count). The molecule has 2 aliphatic rings. The van der Waals surface area contributed by atoms with E-state index in [-0.39, 0.29) is 0 Å². The molecule has 0 aliphatic heterocycles. The summed E-state index contributed by atoms with van der Waals surface area (Å²) in [4.78, 5) is 0. The van der Waals surface area contributed by atoms with E-state index < -0.39 is 8.56 Å². The van der Waals surface area contributed by atoms with Crippen molar-refractivity contribution in [1.82, 2.24) is 0 Å². The van der Waals surface area contributed by atoms with Crippen LogP contribution in [0.4, 0.5) is 0 Å². The maximum Gasteiger partial charge on any atom is 0.344 e. The van der Waals surface area contributed by atoms with Gasteiger partial charge in [0.05, 0.1) is 0 Å². The number of hydrogen-bond acceptors (Lipinski definition) is 2. The molecule has 3 heteroatoms. The number of rotatable bonds is 4. The third-order valence-electron chi connectivity index (χ3n) is 5.95. The zero-order chi connectivity index (χ0) is 15.0. The maximum absolute atomic E-state index is 6.21. The van der Waals surface area contributed by atoms with Gasteiger partial charge in [0.15, 0.2) is 0 Å². The first-order valence-corrected chi connectivity index (χ1v) is 10.3. The minimum absolute atomic E-state index is 0.465. The van der Waals surface area contributed by atoms with Gasteiger partial charge in [0, 0.05) is 25.3 Å². The normalized spacial score (nSPS) is 33.3. The lowest BCUT2D eigenvalue weighted by molar-refractivity contribution is 0.165. The van der Waals surface area contributed by atoms with Gasteiger partial charge in [0.2, 0.25) is 0 Å². The van der Waals surface area contributed by atoms with Gasteiger partial charge in [-0.15, -0.1) is 0 Å². The van der Waals surface area contributed by atoms with Crippen LogP contribution in [0.25, 0.3) is 0 Å². The molecule has 2 fully saturated rings. The first kappa shape index (κ1) is 16.5. The highest BCUT2D eigenvalue weighted by Gasteiger charge is 2.55. The summed E-state index contributed by atoms with van der Waals surface area (Å²) < 4.78 is 12.4. The van der Waals surface area contributed by atoms with Crippen LogP contribution in [0.15, 0.2) is 0 Å². The smallest absolute Gasteiger partial charge is 0.344 e. The highest BCUT2D eigenvalue weighted by atomic mass is 28.4. The van der Waals surface area contributed by atoms with E-state index in [2.05, 4.69) is 27.7 Å². The van der Waals surface area contributed by atoms with Crippen LogP contribution in [0.2, 0.25) is 11.1 Å². The van der Waals surface area contributed by atoms with Crippen molar-refractivity contribution >= 4 is 8.56 Å². The van der Waals surface area contributed by atoms with Gasteiger partial charge in [-0.1, -0.05) is 34.1 Å². The Hall–Kier alpha value is 0.137. The predicted octanol–water partition coefficient (Wildman–Crippen LogP) is 5.27. The van der Waals surface area contributed by atoms with Crippen LogP contribution in [0.3, 0.4) is 0 Å². The molecule has 0 heterocycles. The van der Waals surface area contributed by atoms with E-state index in [9.17, 15) is 0 Å². The standard InChI is InChI=1S/C17H34O2Si/c1-16(2)10-7-8-14(12-16)20(18-5,19-6)15-9-11-17(3,4)13-15/h14-15H,7-13H2,1-6H3. The van der Waals surface area contributed by atoms with Crippen LogP contribution in [0, 0.1) is 10.8 Å². The third kappa shape index (κ3) is 3.15. The van der Waals surface area contributed by atoms with Gasteiger partial charge in [-0.2, -0.15) is 0 Å². The summed E-state index contributed by atoms with van der Waals surface area (Å²) in [6, 6.07) is 0. The fourth-order valence-corrected chi connectivity index (χ4v) is 9.90. The van der Waals surface area contributed by atoms with Gasteiger partial charge in [0.1, 0.15) is 0 Å². The highest BCUT2D eigenvalue weighted by Crippen LogP contribution is 2.56. The molecule has 0 N–H and O–H groups in total. The Morgan fingerprint density at radius 3 is 1.70 bits per heavy atom. The summed E-state index contributed by atoms with van der Waals surface area (Å²) in [6.45, 7) is 9.65. The molecule has 0 spiro atoms. The van der Waals surface area contributed by atoms with Crippen LogP contribution in [0.5, 0.6) is 0 Å². The molecule has 2 atom stereocenters. The fourth-order valence-electron chi connectivity index (χ4n) is 4.90. The van der Waals surface area contributed by atoms with E-state index in [1.54, 1.807) is 0 Å². The Morgan fingerprint density at radius 2 is 1.30 bits per heavy atom. The Bertz CT molecular complexity index is 334. The molecule has 0 saturated heterocycles. The zero-order valence-corrected chi connectivity index (χ0v) is 15.4. The van der Waals surface area contributed by atoms with Crippen LogP contribution in [0.1, 0.15) is 72.6 Å².